The Morgan fingerprint density at radius 2 is 1.06 bits per heavy atom. The van der Waals surface area contributed by atoms with E-state index in [1.165, 1.54) is 108 Å². The quantitative estimate of drug-likeness (QED) is 0.169. The lowest BCUT2D eigenvalue weighted by molar-refractivity contribution is 1.02. The monoisotopic (exact) mass is 723 g/mol. The SMILES string of the molecule is C1=CC(n2c3ccccc3c3ccc4c5ccccc5n(-c5cc6c7c(c5)Sc5cccc8c5B7c5c(cccc5N8c5ccccc5)S6)c4c32)=CCC1. The molecule has 6 heteroatoms. The average Bonchev–Trinajstić information content (AvgIpc) is 3.75. The zero-order valence-electron chi connectivity index (χ0n) is 29.2. The van der Waals surface area contributed by atoms with Crippen LogP contribution in [0.4, 0.5) is 17.1 Å². The normalized spacial score (nSPS) is 15.1. The predicted molar refractivity (Wildman–Crippen MR) is 230 cm³/mol. The molecule has 4 aliphatic rings. The third kappa shape index (κ3) is 3.82. The van der Waals surface area contributed by atoms with Crippen LogP contribution in [0.25, 0.3) is 55.0 Å². The van der Waals surface area contributed by atoms with Gasteiger partial charge in [-0.1, -0.05) is 115 Å². The molecule has 0 unspecified atom stereocenters. The van der Waals surface area contributed by atoms with Crippen molar-refractivity contribution in [1.29, 1.82) is 0 Å². The van der Waals surface area contributed by atoms with Gasteiger partial charge in [-0.25, -0.2) is 0 Å². The Kier molecular flexibility index (Phi) is 5.97. The van der Waals surface area contributed by atoms with Gasteiger partial charge in [-0.3, -0.25) is 0 Å². The van der Waals surface area contributed by atoms with Gasteiger partial charge in [-0.05, 0) is 96.0 Å². The van der Waals surface area contributed by atoms with Gasteiger partial charge in [0.2, 0.25) is 0 Å². The first-order chi connectivity index (χ1) is 26.8. The molecule has 0 spiro atoms. The number of anilines is 3. The highest BCUT2D eigenvalue weighted by molar-refractivity contribution is 8.01. The van der Waals surface area contributed by atoms with Crippen molar-refractivity contribution >= 4 is 113 Å². The second-order valence-electron chi connectivity index (χ2n) is 14.7. The van der Waals surface area contributed by atoms with Gasteiger partial charge in [-0.15, -0.1) is 0 Å². The van der Waals surface area contributed by atoms with Gasteiger partial charge in [0.15, 0.2) is 0 Å². The van der Waals surface area contributed by atoms with E-state index in [2.05, 4.69) is 172 Å². The second kappa shape index (κ2) is 10.9. The van der Waals surface area contributed by atoms with Crippen LogP contribution in [-0.4, -0.2) is 15.8 Å². The largest absolute Gasteiger partial charge is 0.311 e. The molecule has 0 radical (unpaired) electrons. The molecule has 7 aromatic carbocycles. The molecule has 0 amide bonds. The molecule has 5 heterocycles. The van der Waals surface area contributed by atoms with Crippen molar-refractivity contribution in [2.75, 3.05) is 4.90 Å². The van der Waals surface area contributed by atoms with E-state index in [4.69, 9.17) is 0 Å². The van der Waals surface area contributed by atoms with E-state index < -0.39 is 0 Å². The van der Waals surface area contributed by atoms with E-state index >= 15 is 0 Å². The van der Waals surface area contributed by atoms with E-state index in [0.717, 1.165) is 12.8 Å². The summed E-state index contributed by atoms with van der Waals surface area (Å²) >= 11 is 3.89. The number of hydrogen-bond donors (Lipinski definition) is 0. The number of para-hydroxylation sites is 3. The van der Waals surface area contributed by atoms with E-state index in [1.807, 2.05) is 23.5 Å². The van der Waals surface area contributed by atoms with Crippen LogP contribution in [0.1, 0.15) is 12.8 Å². The first-order valence-electron chi connectivity index (χ1n) is 18.8. The van der Waals surface area contributed by atoms with Gasteiger partial charge in [0.1, 0.15) is 0 Å². The molecule has 0 saturated carbocycles. The van der Waals surface area contributed by atoms with Crippen molar-refractivity contribution in [3.8, 4) is 5.69 Å². The Bertz CT molecular complexity index is 3110. The van der Waals surface area contributed by atoms with Crippen LogP contribution < -0.4 is 21.3 Å². The highest BCUT2D eigenvalue weighted by atomic mass is 32.2. The molecule has 9 aromatic rings. The van der Waals surface area contributed by atoms with E-state index in [-0.39, 0.29) is 6.71 Å². The maximum atomic E-state index is 2.57. The molecule has 54 heavy (non-hydrogen) atoms. The fraction of sp³-hybridized carbons (Fsp3) is 0.0417. The fourth-order valence-electron chi connectivity index (χ4n) is 9.84. The van der Waals surface area contributed by atoms with Gasteiger partial charge in [-0.2, -0.15) is 0 Å². The summed E-state index contributed by atoms with van der Waals surface area (Å²) < 4.78 is 5.10. The van der Waals surface area contributed by atoms with Gasteiger partial charge in [0.05, 0.1) is 22.1 Å². The van der Waals surface area contributed by atoms with Crippen molar-refractivity contribution in [3.05, 3.63) is 158 Å². The summed E-state index contributed by atoms with van der Waals surface area (Å²) in [7, 11) is 0. The minimum Gasteiger partial charge on any atom is -0.311 e. The Balaban J connectivity index is 1.11. The summed E-state index contributed by atoms with van der Waals surface area (Å²) in [4.78, 5) is 7.90. The lowest BCUT2D eigenvalue weighted by atomic mass is 9.34. The minimum absolute atomic E-state index is 0.196. The summed E-state index contributed by atoms with van der Waals surface area (Å²) in [5, 5.41) is 5.15. The standard InChI is InChI=1S/C48H30BN3S2/c1-3-13-29(14-4-1)50-38-21-11-23-40-44(38)49-45-39(50)22-12-24-41(45)54-43-28-31(27-42(53-40)46(43)49)52-37-20-10-8-18-33(37)35-26-25-34-32-17-7-9-19-36(32)51(47(34)48(35)52)30-15-5-2-6-16-30/h1,3-5,7-28H,2,6H2. The van der Waals surface area contributed by atoms with Gasteiger partial charge in [0, 0.05) is 69.6 Å². The number of rotatable bonds is 3. The molecule has 0 bridgehead atoms. The van der Waals surface area contributed by atoms with Gasteiger partial charge in [0.25, 0.3) is 6.71 Å². The van der Waals surface area contributed by atoms with Crippen molar-refractivity contribution < 1.29 is 0 Å². The van der Waals surface area contributed by atoms with Crippen LogP contribution in [0.5, 0.6) is 0 Å². The molecule has 252 valence electrons. The fourth-order valence-corrected chi connectivity index (χ4v) is 12.4. The number of aromatic nitrogens is 2. The molecule has 0 atom stereocenters. The predicted octanol–water partition coefficient (Wildman–Crippen LogP) is 11.3. The molecule has 2 aromatic heterocycles. The van der Waals surface area contributed by atoms with Crippen molar-refractivity contribution in [2.24, 2.45) is 0 Å². The van der Waals surface area contributed by atoms with Crippen LogP contribution in [0, 0.1) is 0 Å². The summed E-state index contributed by atoms with van der Waals surface area (Å²) in [6.07, 6.45) is 9.19. The smallest absolute Gasteiger partial charge is 0.252 e. The van der Waals surface area contributed by atoms with Crippen LogP contribution in [0.15, 0.2) is 177 Å². The van der Waals surface area contributed by atoms with Crippen molar-refractivity contribution in [1.82, 2.24) is 9.13 Å². The Morgan fingerprint density at radius 1 is 0.463 bits per heavy atom. The number of hydrogen-bond acceptors (Lipinski definition) is 3. The molecule has 3 aliphatic heterocycles. The van der Waals surface area contributed by atoms with E-state index in [1.54, 1.807) is 0 Å². The van der Waals surface area contributed by atoms with E-state index in [9.17, 15) is 0 Å². The zero-order chi connectivity index (χ0) is 35.1. The summed E-state index contributed by atoms with van der Waals surface area (Å²) in [5.74, 6) is 0. The molecule has 0 fully saturated rings. The second-order valence-corrected chi connectivity index (χ2v) is 16.9. The van der Waals surface area contributed by atoms with Crippen LogP contribution in [0.3, 0.4) is 0 Å². The number of allylic oxidation sites excluding steroid dienone is 4. The maximum Gasteiger partial charge on any atom is 0.252 e. The van der Waals surface area contributed by atoms with Gasteiger partial charge >= 0.3 is 0 Å². The van der Waals surface area contributed by atoms with Crippen molar-refractivity contribution in [2.45, 2.75) is 32.4 Å². The number of benzene rings is 7. The first-order valence-corrected chi connectivity index (χ1v) is 20.4. The lowest BCUT2D eigenvalue weighted by Crippen LogP contribution is -2.62. The lowest BCUT2D eigenvalue weighted by Gasteiger charge is -2.43. The molecule has 1 aliphatic carbocycles. The Hall–Kier alpha value is -5.82. The van der Waals surface area contributed by atoms with Crippen molar-refractivity contribution in [3.63, 3.8) is 0 Å². The highest BCUT2D eigenvalue weighted by Crippen LogP contribution is 2.48. The molecule has 3 nitrogen and oxygen atoms in total. The molecule has 0 N–H and O–H groups in total. The summed E-state index contributed by atoms with van der Waals surface area (Å²) in [6.45, 7) is 0.196. The Labute approximate surface area is 321 Å². The van der Waals surface area contributed by atoms with Crippen LogP contribution in [-0.2, 0) is 0 Å². The third-order valence-electron chi connectivity index (χ3n) is 11.9. The Morgan fingerprint density at radius 3 is 1.69 bits per heavy atom. The molecular weight excluding hydrogens is 693 g/mol. The third-order valence-corrected chi connectivity index (χ3v) is 14.2. The summed E-state index contributed by atoms with van der Waals surface area (Å²) in [5.41, 5.74) is 15.6. The first kappa shape index (κ1) is 29.6. The van der Waals surface area contributed by atoms with Crippen LogP contribution >= 0.6 is 23.5 Å². The zero-order valence-corrected chi connectivity index (χ0v) is 30.8. The molecular formula is C48H30BN3S2. The average molecular weight is 724 g/mol. The molecule has 13 rings (SSSR count). The van der Waals surface area contributed by atoms with E-state index in [0.29, 0.717) is 0 Å². The molecule has 0 saturated heterocycles. The van der Waals surface area contributed by atoms with Gasteiger partial charge < -0.3 is 14.0 Å². The highest BCUT2D eigenvalue weighted by Gasteiger charge is 2.45. The number of nitrogens with zero attached hydrogens (tertiary/aromatic N) is 3. The maximum absolute atomic E-state index is 2.57. The van der Waals surface area contributed by atoms with Crippen LogP contribution in [0.2, 0.25) is 0 Å². The number of fused-ring (bicyclic) bond motifs is 7. The minimum atomic E-state index is 0.196. The summed E-state index contributed by atoms with van der Waals surface area (Å²) in [6, 6.07) is 52.3. The topological polar surface area (TPSA) is 13.1 Å².